The molecule has 2 aromatic rings. The summed E-state index contributed by atoms with van der Waals surface area (Å²) in [5.74, 6) is 0.141. The summed E-state index contributed by atoms with van der Waals surface area (Å²) in [4.78, 5) is 27.6. The van der Waals surface area contributed by atoms with Gasteiger partial charge in [-0.2, -0.15) is 0 Å². The average Bonchev–Trinajstić information content (AvgIpc) is 3.08. The first-order valence-corrected chi connectivity index (χ1v) is 10.2. The number of aliphatic hydroxyl groups is 1. The highest BCUT2D eigenvalue weighted by Gasteiger charge is 2.33. The number of hydrogen-bond donors (Lipinski definition) is 1. The molecule has 9 nitrogen and oxygen atoms in total. The van der Waals surface area contributed by atoms with Crippen molar-refractivity contribution in [3.8, 4) is 11.5 Å². The lowest BCUT2D eigenvalue weighted by atomic mass is 10.1. The maximum atomic E-state index is 12.5. The van der Waals surface area contributed by atoms with Gasteiger partial charge in [0.05, 0.1) is 36.3 Å². The molecular weight excluding hydrogens is 436 g/mol. The summed E-state index contributed by atoms with van der Waals surface area (Å²) >= 11 is 1.08. The van der Waals surface area contributed by atoms with Gasteiger partial charge in [0, 0.05) is 18.2 Å². The number of aliphatic hydroxyl groups excluding tert-OH is 1. The zero-order valence-corrected chi connectivity index (χ0v) is 18.3. The second kappa shape index (κ2) is 10.0. The average molecular weight is 456 g/mol. The summed E-state index contributed by atoms with van der Waals surface area (Å²) in [5.41, 5.74) is 0.910. The lowest BCUT2D eigenvalue weighted by molar-refractivity contribution is -0.384. The lowest BCUT2D eigenvalue weighted by Gasteiger charge is -2.06. The van der Waals surface area contributed by atoms with E-state index in [-0.39, 0.29) is 28.7 Å². The van der Waals surface area contributed by atoms with E-state index in [1.54, 1.807) is 31.2 Å². The Morgan fingerprint density at radius 3 is 2.31 bits per heavy atom. The van der Waals surface area contributed by atoms with Gasteiger partial charge in [0.15, 0.2) is 0 Å². The second-order valence-corrected chi connectivity index (χ2v) is 7.42. The molecule has 32 heavy (non-hydrogen) atoms. The van der Waals surface area contributed by atoms with Crippen molar-refractivity contribution in [3.63, 3.8) is 0 Å². The molecular formula is C22H20N2O7S. The van der Waals surface area contributed by atoms with E-state index in [1.807, 2.05) is 0 Å². The molecule has 0 bridgehead atoms. The van der Waals surface area contributed by atoms with Crippen molar-refractivity contribution in [2.45, 2.75) is 6.92 Å². The number of benzene rings is 2. The Morgan fingerprint density at radius 2 is 1.78 bits per heavy atom. The molecule has 0 aromatic heterocycles. The summed E-state index contributed by atoms with van der Waals surface area (Å²) in [7, 11) is 3.06. The first-order valence-electron chi connectivity index (χ1n) is 9.43. The number of ether oxygens (including phenoxy) is 3. The summed E-state index contributed by atoms with van der Waals surface area (Å²) in [6.45, 7) is 1.78. The molecule has 10 heteroatoms. The van der Waals surface area contributed by atoms with Gasteiger partial charge in [-0.15, -0.1) is 0 Å². The van der Waals surface area contributed by atoms with Crippen LogP contribution in [-0.2, 0) is 9.53 Å². The van der Waals surface area contributed by atoms with E-state index in [0.29, 0.717) is 27.7 Å². The van der Waals surface area contributed by atoms with Crippen molar-refractivity contribution in [1.29, 1.82) is 0 Å². The van der Waals surface area contributed by atoms with E-state index in [2.05, 4.69) is 4.99 Å². The molecule has 0 aliphatic carbocycles. The third-order valence-electron chi connectivity index (χ3n) is 4.33. The Morgan fingerprint density at radius 1 is 1.16 bits per heavy atom. The van der Waals surface area contributed by atoms with Crippen LogP contribution in [-0.4, -0.2) is 41.9 Å². The Labute approximate surface area is 188 Å². The second-order valence-electron chi connectivity index (χ2n) is 6.39. The number of nitro benzene ring substituents is 1. The molecule has 1 aliphatic heterocycles. The maximum absolute atomic E-state index is 12.5. The topological polar surface area (TPSA) is 120 Å². The van der Waals surface area contributed by atoms with Gasteiger partial charge in [0.1, 0.15) is 27.9 Å². The number of non-ortho nitro benzene ring substituents is 1. The van der Waals surface area contributed by atoms with Gasteiger partial charge < -0.3 is 19.3 Å². The molecule has 0 radical (unpaired) electrons. The minimum atomic E-state index is -0.718. The van der Waals surface area contributed by atoms with Crippen molar-refractivity contribution in [3.05, 3.63) is 74.4 Å². The number of aliphatic imine (C=N–C) groups is 1. The van der Waals surface area contributed by atoms with Crippen LogP contribution < -0.4 is 9.47 Å². The summed E-state index contributed by atoms with van der Waals surface area (Å²) in [6.07, 6.45) is 1.67. The van der Waals surface area contributed by atoms with Crippen LogP contribution in [0.3, 0.4) is 0 Å². The SMILES string of the molecule is CCOC(=O)C1=C(O)/C(=C\c2cc(OC)cc(OC)c2)SC1=Nc1ccc([N+](=O)[O-])cc1. The van der Waals surface area contributed by atoms with Gasteiger partial charge in [-0.25, -0.2) is 9.79 Å². The summed E-state index contributed by atoms with van der Waals surface area (Å²) in [6, 6.07) is 10.8. The van der Waals surface area contributed by atoms with E-state index in [4.69, 9.17) is 14.2 Å². The van der Waals surface area contributed by atoms with Crippen LogP contribution >= 0.6 is 11.8 Å². The lowest BCUT2D eigenvalue weighted by Crippen LogP contribution is -2.12. The number of hydrogen-bond acceptors (Lipinski definition) is 9. The molecule has 3 rings (SSSR count). The highest BCUT2D eigenvalue weighted by molar-refractivity contribution is 8.18. The van der Waals surface area contributed by atoms with Crippen molar-refractivity contribution in [1.82, 2.24) is 0 Å². The molecule has 2 aromatic carbocycles. The normalized spacial score (nSPS) is 15.8. The quantitative estimate of drug-likeness (QED) is 0.358. The van der Waals surface area contributed by atoms with E-state index in [1.165, 1.54) is 38.5 Å². The fraction of sp³-hybridized carbons (Fsp3) is 0.182. The summed E-state index contributed by atoms with van der Waals surface area (Å²) in [5, 5.41) is 21.9. The Balaban J connectivity index is 2.04. The number of nitro groups is 1. The first-order chi connectivity index (χ1) is 15.4. The molecule has 0 saturated carbocycles. The van der Waals surface area contributed by atoms with Gasteiger partial charge in [-0.1, -0.05) is 11.8 Å². The number of nitrogens with zero attached hydrogens (tertiary/aromatic N) is 2. The molecule has 0 unspecified atom stereocenters. The van der Waals surface area contributed by atoms with Crippen LogP contribution in [0.25, 0.3) is 6.08 Å². The van der Waals surface area contributed by atoms with E-state index in [0.717, 1.165) is 11.8 Å². The minimum absolute atomic E-state index is 0.0729. The fourth-order valence-electron chi connectivity index (χ4n) is 2.82. The van der Waals surface area contributed by atoms with Crippen LogP contribution in [0.1, 0.15) is 12.5 Å². The van der Waals surface area contributed by atoms with Crippen molar-refractivity contribution >= 4 is 40.2 Å². The van der Waals surface area contributed by atoms with Gasteiger partial charge in [0.2, 0.25) is 0 Å². The third-order valence-corrected chi connectivity index (χ3v) is 5.35. The predicted octanol–water partition coefficient (Wildman–Crippen LogP) is 4.81. The van der Waals surface area contributed by atoms with Crippen molar-refractivity contribution in [2.75, 3.05) is 20.8 Å². The number of carbonyl (C=O) groups is 1. The first kappa shape index (κ1) is 22.9. The Kier molecular flexibility index (Phi) is 7.16. The van der Waals surface area contributed by atoms with E-state index >= 15 is 0 Å². The third kappa shape index (κ3) is 5.09. The van der Waals surface area contributed by atoms with Crippen LogP contribution in [0.2, 0.25) is 0 Å². The molecule has 0 amide bonds. The zero-order valence-electron chi connectivity index (χ0n) is 17.5. The number of esters is 1. The van der Waals surface area contributed by atoms with Gasteiger partial charge >= 0.3 is 5.97 Å². The number of rotatable bonds is 7. The van der Waals surface area contributed by atoms with Crippen LogP contribution in [0.15, 0.2) is 63.7 Å². The molecule has 1 heterocycles. The van der Waals surface area contributed by atoms with Crippen molar-refractivity contribution < 1.29 is 29.0 Å². The van der Waals surface area contributed by atoms with Crippen molar-refractivity contribution in [2.24, 2.45) is 4.99 Å². The molecule has 0 saturated heterocycles. The molecule has 166 valence electrons. The van der Waals surface area contributed by atoms with Crippen LogP contribution in [0.5, 0.6) is 11.5 Å². The number of carbonyl (C=O) groups excluding carboxylic acids is 1. The van der Waals surface area contributed by atoms with Gasteiger partial charge in [-0.05, 0) is 42.8 Å². The molecule has 0 atom stereocenters. The van der Waals surface area contributed by atoms with E-state index < -0.39 is 10.9 Å². The van der Waals surface area contributed by atoms with Crippen LogP contribution in [0, 0.1) is 10.1 Å². The number of thioether (sulfide) groups is 1. The largest absolute Gasteiger partial charge is 0.506 e. The minimum Gasteiger partial charge on any atom is -0.506 e. The molecule has 1 N–H and O–H groups in total. The zero-order chi connectivity index (χ0) is 23.3. The fourth-order valence-corrected chi connectivity index (χ4v) is 3.86. The highest BCUT2D eigenvalue weighted by atomic mass is 32.2. The molecule has 0 spiro atoms. The smallest absolute Gasteiger partial charge is 0.344 e. The van der Waals surface area contributed by atoms with E-state index in [9.17, 15) is 20.0 Å². The number of methoxy groups -OCH3 is 2. The van der Waals surface area contributed by atoms with Crippen LogP contribution in [0.4, 0.5) is 11.4 Å². The maximum Gasteiger partial charge on any atom is 0.344 e. The Bertz CT molecular complexity index is 1120. The summed E-state index contributed by atoms with van der Waals surface area (Å²) < 4.78 is 15.6. The molecule has 1 aliphatic rings. The predicted molar refractivity (Wildman–Crippen MR) is 122 cm³/mol. The highest BCUT2D eigenvalue weighted by Crippen LogP contribution is 2.41. The molecule has 0 fully saturated rings. The standard InChI is InChI=1S/C22H20N2O7S/c1-4-31-22(26)19-20(25)18(11-13-9-16(29-2)12-17(10-13)30-3)32-21(19)23-14-5-7-15(8-6-14)24(27)28/h5-12,25H,4H2,1-3H3/b18-11+,23-21?. The van der Waals surface area contributed by atoms with Gasteiger partial charge in [0.25, 0.3) is 5.69 Å². The Hall–Kier alpha value is -3.79. The van der Waals surface area contributed by atoms with Gasteiger partial charge in [-0.3, -0.25) is 10.1 Å². The monoisotopic (exact) mass is 456 g/mol.